The van der Waals surface area contributed by atoms with Crippen molar-refractivity contribution < 1.29 is 30.7 Å². The average Bonchev–Trinajstić information content (AvgIpc) is 1.84. The SMILES string of the molecule is Cl.NCCC(F)(F)C(F)(F)C(F)(F)F. The summed E-state index contributed by atoms with van der Waals surface area (Å²) in [5.74, 6) is -11.2. The van der Waals surface area contributed by atoms with Crippen LogP contribution in [0.4, 0.5) is 30.7 Å². The van der Waals surface area contributed by atoms with Crippen molar-refractivity contribution in [1.29, 1.82) is 0 Å². The summed E-state index contributed by atoms with van der Waals surface area (Å²) in [5, 5.41) is 0. The summed E-state index contributed by atoms with van der Waals surface area (Å²) in [6.45, 7) is -0.946. The zero-order valence-electron chi connectivity index (χ0n) is 6.55. The molecular weight excluding hydrogens is 243 g/mol. The second kappa shape index (κ2) is 4.52. The molecule has 0 bridgehead atoms. The molecule has 0 aromatic rings. The Morgan fingerprint density at radius 3 is 1.43 bits per heavy atom. The summed E-state index contributed by atoms with van der Waals surface area (Å²) in [6, 6.07) is 0. The van der Waals surface area contributed by atoms with Crippen LogP contribution in [0.15, 0.2) is 0 Å². The van der Waals surface area contributed by atoms with Gasteiger partial charge in [-0.15, -0.1) is 12.4 Å². The molecule has 0 aliphatic carbocycles. The van der Waals surface area contributed by atoms with Crippen molar-refractivity contribution in [3.63, 3.8) is 0 Å². The molecule has 0 aromatic heterocycles. The molecule has 0 saturated carbocycles. The van der Waals surface area contributed by atoms with E-state index in [1.54, 1.807) is 0 Å². The maximum Gasteiger partial charge on any atom is 0.459 e. The molecule has 0 aliphatic rings. The van der Waals surface area contributed by atoms with Gasteiger partial charge < -0.3 is 5.73 Å². The van der Waals surface area contributed by atoms with Crippen molar-refractivity contribution in [2.24, 2.45) is 5.73 Å². The lowest BCUT2D eigenvalue weighted by Crippen LogP contribution is -2.52. The van der Waals surface area contributed by atoms with Crippen molar-refractivity contribution in [2.45, 2.75) is 24.4 Å². The Morgan fingerprint density at radius 2 is 1.21 bits per heavy atom. The molecule has 9 heteroatoms. The van der Waals surface area contributed by atoms with Crippen LogP contribution >= 0.6 is 12.4 Å². The summed E-state index contributed by atoms with van der Waals surface area (Å²) in [6.07, 6.45) is -7.97. The highest BCUT2D eigenvalue weighted by Crippen LogP contribution is 2.47. The third-order valence-electron chi connectivity index (χ3n) is 1.27. The topological polar surface area (TPSA) is 26.0 Å². The lowest BCUT2D eigenvalue weighted by atomic mass is 10.1. The Bertz CT molecular complexity index is 177. The van der Waals surface area contributed by atoms with Crippen LogP contribution in [0.1, 0.15) is 6.42 Å². The monoisotopic (exact) mass is 249 g/mol. The van der Waals surface area contributed by atoms with Gasteiger partial charge in [-0.1, -0.05) is 0 Å². The molecule has 0 rings (SSSR count). The van der Waals surface area contributed by atoms with Gasteiger partial charge in [-0.25, -0.2) is 0 Å². The molecule has 0 saturated heterocycles. The van der Waals surface area contributed by atoms with Gasteiger partial charge in [-0.2, -0.15) is 30.7 Å². The highest BCUT2D eigenvalue weighted by Gasteiger charge is 2.72. The van der Waals surface area contributed by atoms with E-state index in [1.807, 2.05) is 0 Å². The van der Waals surface area contributed by atoms with Crippen LogP contribution < -0.4 is 5.73 Å². The smallest absolute Gasteiger partial charge is 0.330 e. The first kappa shape index (κ1) is 16.2. The van der Waals surface area contributed by atoms with Gasteiger partial charge in [0.25, 0.3) is 0 Å². The van der Waals surface area contributed by atoms with Crippen molar-refractivity contribution in [2.75, 3.05) is 6.54 Å². The maximum absolute atomic E-state index is 12.1. The zero-order chi connectivity index (χ0) is 10.9. The fourth-order valence-corrected chi connectivity index (χ4v) is 0.546. The lowest BCUT2D eigenvalue weighted by Gasteiger charge is -2.27. The summed E-state index contributed by atoms with van der Waals surface area (Å²) >= 11 is 0. The minimum absolute atomic E-state index is 0. The number of rotatable bonds is 3. The van der Waals surface area contributed by atoms with Crippen LogP contribution in [-0.2, 0) is 0 Å². The Labute approximate surface area is 80.9 Å². The molecular formula is C5H7ClF7N. The molecule has 88 valence electrons. The highest BCUT2D eigenvalue weighted by molar-refractivity contribution is 5.85. The quantitative estimate of drug-likeness (QED) is 0.765. The van der Waals surface area contributed by atoms with E-state index >= 15 is 0 Å². The van der Waals surface area contributed by atoms with E-state index in [4.69, 9.17) is 0 Å². The number of nitrogens with two attached hydrogens (primary N) is 1. The first-order valence-electron chi connectivity index (χ1n) is 3.08. The Hall–Kier alpha value is -0.240. The van der Waals surface area contributed by atoms with Crippen molar-refractivity contribution in [3.05, 3.63) is 0 Å². The molecule has 2 N–H and O–H groups in total. The van der Waals surface area contributed by atoms with Gasteiger partial charge in [0, 0.05) is 6.42 Å². The molecule has 0 aromatic carbocycles. The fourth-order valence-electron chi connectivity index (χ4n) is 0.546. The van der Waals surface area contributed by atoms with Gasteiger partial charge in [-0.05, 0) is 6.54 Å². The molecule has 0 spiro atoms. The van der Waals surface area contributed by atoms with E-state index in [1.165, 1.54) is 0 Å². The van der Waals surface area contributed by atoms with E-state index in [0.29, 0.717) is 0 Å². The highest BCUT2D eigenvalue weighted by atomic mass is 35.5. The van der Waals surface area contributed by atoms with E-state index in [2.05, 4.69) is 5.73 Å². The van der Waals surface area contributed by atoms with Crippen molar-refractivity contribution in [3.8, 4) is 0 Å². The van der Waals surface area contributed by atoms with Crippen LogP contribution in [-0.4, -0.2) is 24.6 Å². The van der Waals surface area contributed by atoms with Crippen LogP contribution in [0.2, 0.25) is 0 Å². The summed E-state index contributed by atoms with van der Waals surface area (Å²) in [5.41, 5.74) is 4.47. The van der Waals surface area contributed by atoms with Gasteiger partial charge in [0.1, 0.15) is 0 Å². The first-order chi connectivity index (χ1) is 5.56. The van der Waals surface area contributed by atoms with Crippen LogP contribution in [0, 0.1) is 0 Å². The molecule has 0 fully saturated rings. The molecule has 0 atom stereocenters. The minimum atomic E-state index is -6.26. The van der Waals surface area contributed by atoms with Crippen LogP contribution in [0.5, 0.6) is 0 Å². The third-order valence-corrected chi connectivity index (χ3v) is 1.27. The maximum atomic E-state index is 12.1. The number of hydrogen-bond donors (Lipinski definition) is 1. The normalized spacial score (nSPS) is 13.7. The largest absolute Gasteiger partial charge is 0.459 e. The Morgan fingerprint density at radius 1 is 0.857 bits per heavy atom. The Kier molecular flexibility index (Phi) is 5.23. The van der Waals surface area contributed by atoms with E-state index < -0.39 is 31.0 Å². The molecule has 0 heterocycles. The summed E-state index contributed by atoms with van der Waals surface area (Å²) in [4.78, 5) is 0. The minimum Gasteiger partial charge on any atom is -0.330 e. The van der Waals surface area contributed by atoms with Gasteiger partial charge in [-0.3, -0.25) is 0 Å². The van der Waals surface area contributed by atoms with Gasteiger partial charge >= 0.3 is 18.0 Å². The number of halogens is 8. The first-order valence-corrected chi connectivity index (χ1v) is 3.08. The predicted octanol–water partition coefficient (Wildman–Crippen LogP) is 2.59. The molecule has 14 heavy (non-hydrogen) atoms. The van der Waals surface area contributed by atoms with Gasteiger partial charge in [0.05, 0.1) is 0 Å². The second-order valence-electron chi connectivity index (χ2n) is 2.32. The standard InChI is InChI=1S/C5H6F7N.ClH/c6-3(7,1-2-13)4(8,9)5(10,11)12;/h1-2,13H2;1H. The second-order valence-corrected chi connectivity index (χ2v) is 2.32. The van der Waals surface area contributed by atoms with Crippen molar-refractivity contribution >= 4 is 12.4 Å². The van der Waals surface area contributed by atoms with Gasteiger partial charge in [0.15, 0.2) is 0 Å². The predicted molar refractivity (Wildman–Crippen MR) is 36.9 cm³/mol. The van der Waals surface area contributed by atoms with Crippen LogP contribution in [0.3, 0.4) is 0 Å². The molecule has 0 radical (unpaired) electrons. The number of alkyl halides is 7. The summed E-state index contributed by atoms with van der Waals surface area (Å²) < 4.78 is 82.4. The molecule has 0 unspecified atom stereocenters. The third kappa shape index (κ3) is 2.88. The lowest BCUT2D eigenvalue weighted by molar-refractivity contribution is -0.355. The summed E-state index contributed by atoms with van der Waals surface area (Å²) in [7, 11) is 0. The number of hydrogen-bond acceptors (Lipinski definition) is 1. The zero-order valence-corrected chi connectivity index (χ0v) is 7.36. The fraction of sp³-hybridized carbons (Fsp3) is 1.00. The van der Waals surface area contributed by atoms with E-state index in [0.717, 1.165) is 0 Å². The van der Waals surface area contributed by atoms with E-state index in [9.17, 15) is 30.7 Å². The molecule has 0 aliphatic heterocycles. The molecule has 0 amide bonds. The molecule has 1 nitrogen and oxygen atoms in total. The van der Waals surface area contributed by atoms with Crippen molar-refractivity contribution in [1.82, 2.24) is 0 Å². The van der Waals surface area contributed by atoms with E-state index in [-0.39, 0.29) is 12.4 Å². The Balaban J connectivity index is 0. The van der Waals surface area contributed by atoms with Gasteiger partial charge in [0.2, 0.25) is 0 Å². The average molecular weight is 250 g/mol. The van der Waals surface area contributed by atoms with Crippen LogP contribution in [0.25, 0.3) is 0 Å².